The van der Waals surface area contributed by atoms with Crippen LogP contribution in [0.15, 0.2) is 23.4 Å². The van der Waals surface area contributed by atoms with E-state index in [1.165, 1.54) is 12.4 Å². The smallest absolute Gasteiger partial charge is 0.291 e. The number of anilines is 1. The fraction of sp³-hybridized carbons (Fsp3) is 0.550. The van der Waals surface area contributed by atoms with Gasteiger partial charge in [0.2, 0.25) is 10.0 Å². The quantitative estimate of drug-likeness (QED) is 0.492. The summed E-state index contributed by atoms with van der Waals surface area (Å²) in [5.41, 5.74) is 0.842. The van der Waals surface area contributed by atoms with Crippen LogP contribution in [-0.2, 0) is 14.8 Å². The number of fused-ring (bicyclic) bond motifs is 1. The number of ether oxygens (including phenoxy) is 1. The number of aliphatic hydroxyl groups is 1. The summed E-state index contributed by atoms with van der Waals surface area (Å²) in [6.45, 7) is 4.26. The fourth-order valence-electron chi connectivity index (χ4n) is 3.92. The maximum absolute atomic E-state index is 13.3. The molecule has 4 heterocycles. The molecule has 1 saturated heterocycles. The molecule has 2 fully saturated rings. The number of hydrogen-bond donors (Lipinski definition) is 2. The van der Waals surface area contributed by atoms with Gasteiger partial charge in [-0.15, -0.1) is 10.2 Å². The molecule has 3 aromatic heterocycles. The van der Waals surface area contributed by atoms with Gasteiger partial charge in [-0.05, 0) is 32.8 Å². The highest BCUT2D eigenvalue weighted by molar-refractivity contribution is 7.89. The van der Waals surface area contributed by atoms with Crippen LogP contribution < -0.4 is 9.62 Å². The van der Waals surface area contributed by atoms with Crippen molar-refractivity contribution in [1.82, 2.24) is 24.3 Å². The van der Waals surface area contributed by atoms with Gasteiger partial charge >= 0.3 is 0 Å². The minimum atomic E-state index is -3.89. The molecule has 0 radical (unpaired) electrons. The Bertz CT molecular complexity index is 1320. The Hall–Kier alpha value is -2.26. The minimum absolute atomic E-state index is 0.0141. The number of pyridine rings is 1. The van der Waals surface area contributed by atoms with E-state index in [2.05, 4.69) is 19.9 Å². The van der Waals surface area contributed by atoms with Gasteiger partial charge in [-0.1, -0.05) is 11.3 Å². The van der Waals surface area contributed by atoms with Gasteiger partial charge in [0.05, 0.1) is 31.2 Å². The minimum Gasteiger partial charge on any atom is -0.394 e. The molecular weight excluding hydrogens is 490 g/mol. The topological polar surface area (TPSA) is 122 Å². The van der Waals surface area contributed by atoms with E-state index in [1.54, 1.807) is 10.5 Å². The first-order chi connectivity index (χ1) is 16.1. The molecule has 0 aromatic carbocycles. The first kappa shape index (κ1) is 23.5. The molecule has 2 N–H and O–H groups in total. The number of imidazole rings is 1. The molecule has 3 aromatic rings. The van der Waals surface area contributed by atoms with E-state index in [4.69, 9.17) is 4.74 Å². The van der Waals surface area contributed by atoms with Crippen LogP contribution in [0.25, 0.3) is 16.3 Å². The van der Waals surface area contributed by atoms with Gasteiger partial charge < -0.3 is 14.7 Å². The molecule has 34 heavy (non-hydrogen) atoms. The van der Waals surface area contributed by atoms with E-state index in [1.807, 2.05) is 18.7 Å². The first-order valence-corrected chi connectivity index (χ1v) is 13.1. The normalized spacial score (nSPS) is 22.6. The summed E-state index contributed by atoms with van der Waals surface area (Å²) in [6, 6.07) is 1.44. The average Bonchev–Trinajstić information content (AvgIpc) is 3.19. The molecule has 184 valence electrons. The Kier molecular flexibility index (Phi) is 5.83. The lowest BCUT2D eigenvalue weighted by Gasteiger charge is -2.39. The number of alkyl halides is 2. The fourth-order valence-corrected chi connectivity index (χ4v) is 6.11. The zero-order chi connectivity index (χ0) is 24.3. The summed E-state index contributed by atoms with van der Waals surface area (Å²) in [5, 5.41) is 16.8. The molecule has 2 atom stereocenters. The van der Waals surface area contributed by atoms with E-state index in [0.29, 0.717) is 30.2 Å². The van der Waals surface area contributed by atoms with E-state index < -0.39 is 33.1 Å². The summed E-state index contributed by atoms with van der Waals surface area (Å²) in [5.74, 6) is 0. The zero-order valence-corrected chi connectivity index (χ0v) is 20.1. The van der Waals surface area contributed by atoms with Crippen LogP contribution in [0.2, 0.25) is 0 Å². The van der Waals surface area contributed by atoms with E-state index in [9.17, 15) is 22.3 Å². The summed E-state index contributed by atoms with van der Waals surface area (Å²) in [4.78, 5) is 6.43. The van der Waals surface area contributed by atoms with Gasteiger partial charge in [-0.3, -0.25) is 4.40 Å². The largest absolute Gasteiger partial charge is 0.394 e. The summed E-state index contributed by atoms with van der Waals surface area (Å²) >= 11 is 0.728. The molecule has 0 amide bonds. The summed E-state index contributed by atoms with van der Waals surface area (Å²) in [6.07, 6.45) is 1.19. The molecular formula is C20H24F2N6O4S2. The Morgan fingerprint density at radius 1 is 1.38 bits per heavy atom. The lowest BCUT2D eigenvalue weighted by atomic mass is 10.1. The van der Waals surface area contributed by atoms with Gasteiger partial charge in [-0.25, -0.2) is 26.9 Å². The van der Waals surface area contributed by atoms with Gasteiger partial charge in [0.15, 0.2) is 15.7 Å². The number of nitrogens with zero attached hydrogens (tertiary/aromatic N) is 5. The number of rotatable bonds is 7. The van der Waals surface area contributed by atoms with Crippen LogP contribution in [0, 0.1) is 0 Å². The predicted octanol–water partition coefficient (Wildman–Crippen LogP) is 2.21. The van der Waals surface area contributed by atoms with Crippen molar-refractivity contribution in [2.24, 2.45) is 0 Å². The second-order valence-corrected chi connectivity index (χ2v) is 11.6. The molecule has 1 aliphatic carbocycles. The highest BCUT2D eigenvalue weighted by Crippen LogP contribution is 2.38. The molecule has 10 nitrogen and oxygen atoms in total. The number of halogens is 2. The van der Waals surface area contributed by atoms with E-state index in [0.717, 1.165) is 24.2 Å². The second kappa shape index (κ2) is 8.45. The van der Waals surface area contributed by atoms with Gasteiger partial charge in [0.25, 0.3) is 6.43 Å². The Morgan fingerprint density at radius 2 is 2.15 bits per heavy atom. The Balaban J connectivity index is 1.67. The van der Waals surface area contributed by atoms with Crippen molar-refractivity contribution in [3.8, 4) is 10.7 Å². The summed E-state index contributed by atoms with van der Waals surface area (Å²) < 4.78 is 62.7. The molecule has 1 aliphatic heterocycles. The highest BCUT2D eigenvalue weighted by Gasteiger charge is 2.42. The lowest BCUT2D eigenvalue weighted by Crippen LogP contribution is -2.49. The SMILES string of the molecule is C[C@@H]1CO[C@@H](CO)CN1c1cc(S(=O)(=O)NC2(C)CC2)cn2c(-c3nnc(C(F)F)s3)cnc12. The molecule has 5 rings (SSSR count). The van der Waals surface area contributed by atoms with E-state index in [-0.39, 0.29) is 22.6 Å². The van der Waals surface area contributed by atoms with Gasteiger partial charge in [-0.2, -0.15) is 0 Å². The van der Waals surface area contributed by atoms with Crippen LogP contribution in [0.4, 0.5) is 14.5 Å². The van der Waals surface area contributed by atoms with Crippen molar-refractivity contribution in [3.05, 3.63) is 23.5 Å². The molecule has 14 heteroatoms. The third-order valence-corrected chi connectivity index (χ3v) is 8.68. The highest BCUT2D eigenvalue weighted by atomic mass is 32.2. The van der Waals surface area contributed by atoms with Crippen molar-refractivity contribution in [2.45, 2.75) is 55.7 Å². The number of morpholine rings is 1. The van der Waals surface area contributed by atoms with Crippen molar-refractivity contribution < 1.29 is 27.0 Å². The zero-order valence-electron chi connectivity index (χ0n) is 18.5. The second-order valence-electron chi connectivity index (χ2n) is 8.95. The molecule has 1 saturated carbocycles. The Morgan fingerprint density at radius 3 is 2.79 bits per heavy atom. The maximum Gasteiger partial charge on any atom is 0.291 e. The molecule has 0 unspecified atom stereocenters. The molecule has 2 aliphatic rings. The molecule has 0 bridgehead atoms. The van der Waals surface area contributed by atoms with Crippen LogP contribution in [0.1, 0.15) is 38.1 Å². The van der Waals surface area contributed by atoms with Crippen molar-refractivity contribution in [1.29, 1.82) is 0 Å². The first-order valence-electron chi connectivity index (χ1n) is 10.8. The number of sulfonamides is 1. The predicted molar refractivity (Wildman–Crippen MR) is 121 cm³/mol. The van der Waals surface area contributed by atoms with Gasteiger partial charge in [0, 0.05) is 24.3 Å². The van der Waals surface area contributed by atoms with Crippen molar-refractivity contribution in [2.75, 3.05) is 24.7 Å². The van der Waals surface area contributed by atoms with E-state index >= 15 is 0 Å². The van der Waals surface area contributed by atoms with Crippen molar-refractivity contribution in [3.63, 3.8) is 0 Å². The number of nitrogens with one attached hydrogen (secondary N) is 1. The van der Waals surface area contributed by atoms with Crippen LogP contribution in [-0.4, -0.2) is 70.5 Å². The van der Waals surface area contributed by atoms with Crippen LogP contribution in [0.3, 0.4) is 0 Å². The summed E-state index contributed by atoms with van der Waals surface area (Å²) in [7, 11) is -3.89. The van der Waals surface area contributed by atoms with Crippen molar-refractivity contribution >= 4 is 32.7 Å². The lowest BCUT2D eigenvalue weighted by molar-refractivity contribution is -0.0102. The Labute approximate surface area is 198 Å². The van der Waals surface area contributed by atoms with Gasteiger partial charge in [0.1, 0.15) is 10.6 Å². The third-order valence-electron chi connectivity index (χ3n) is 6.12. The number of aromatic nitrogens is 4. The molecule has 0 spiro atoms. The standard InChI is InChI=1S/C20H24F2N6O4S2/c1-11-10-32-12(9-29)7-27(11)14-5-13(34(30,31)26-20(2)3-4-20)8-28-15(6-23-17(14)28)18-24-25-19(33-18)16(21)22/h5-6,8,11-12,16,26,29H,3-4,7,9-10H2,1-2H3/t11-,12-/m1/s1. The maximum atomic E-state index is 13.3. The monoisotopic (exact) mass is 514 g/mol. The number of aliphatic hydroxyl groups excluding tert-OH is 1. The van der Waals surface area contributed by atoms with Crippen LogP contribution in [0.5, 0.6) is 0 Å². The number of hydrogen-bond acceptors (Lipinski definition) is 9. The van der Waals surface area contributed by atoms with Crippen LogP contribution >= 0.6 is 11.3 Å². The third kappa shape index (κ3) is 4.28. The average molecular weight is 515 g/mol.